The number of oxazole rings is 1. The maximum atomic E-state index is 13.0. The van der Waals surface area contributed by atoms with E-state index in [0.717, 1.165) is 22.2 Å². The van der Waals surface area contributed by atoms with Crippen LogP contribution < -0.4 is 11.2 Å². The highest BCUT2D eigenvalue weighted by Gasteiger charge is 2.20. The number of Topliss-reactive ketones (excluding diaryl/α,β-unsaturated/α-hetero) is 1. The minimum atomic E-state index is -0.442. The van der Waals surface area contributed by atoms with E-state index in [4.69, 9.17) is 4.42 Å². The van der Waals surface area contributed by atoms with Crippen molar-refractivity contribution in [3.8, 4) is 0 Å². The molecule has 4 aromatic rings. The fraction of sp³-hybridized carbons (Fsp3) is 0.318. The minimum Gasteiger partial charge on any atom is -0.448 e. The van der Waals surface area contributed by atoms with Gasteiger partial charge >= 0.3 is 5.69 Å². The molecule has 0 saturated heterocycles. The number of fused-ring (bicyclic) bond motifs is 1. The Kier molecular flexibility index (Phi) is 5.88. The van der Waals surface area contributed by atoms with E-state index in [1.807, 2.05) is 19.1 Å². The summed E-state index contributed by atoms with van der Waals surface area (Å²) in [5, 5.41) is 0.558. The molecule has 10 heteroatoms. The second-order valence-electron chi connectivity index (χ2n) is 7.49. The molecule has 0 aliphatic heterocycles. The quantitative estimate of drug-likeness (QED) is 0.313. The van der Waals surface area contributed by atoms with Crippen molar-refractivity contribution in [1.29, 1.82) is 0 Å². The first-order valence-electron chi connectivity index (χ1n) is 10.1. The van der Waals surface area contributed by atoms with Gasteiger partial charge in [-0.15, -0.1) is 0 Å². The summed E-state index contributed by atoms with van der Waals surface area (Å²) in [6.07, 6.45) is 2.41. The zero-order valence-electron chi connectivity index (χ0n) is 18.3. The number of carbonyl (C=O) groups is 1. The normalized spacial score (nSPS) is 11.4. The van der Waals surface area contributed by atoms with Gasteiger partial charge < -0.3 is 8.98 Å². The highest BCUT2D eigenvalue weighted by molar-refractivity contribution is 7.98. The van der Waals surface area contributed by atoms with E-state index < -0.39 is 11.2 Å². The van der Waals surface area contributed by atoms with Gasteiger partial charge in [-0.3, -0.25) is 18.7 Å². The first-order chi connectivity index (χ1) is 15.3. The van der Waals surface area contributed by atoms with Crippen molar-refractivity contribution >= 4 is 28.7 Å². The molecular formula is C22H23N5O4S. The van der Waals surface area contributed by atoms with E-state index in [9.17, 15) is 14.4 Å². The van der Waals surface area contributed by atoms with E-state index >= 15 is 0 Å². The fourth-order valence-electron chi connectivity index (χ4n) is 3.46. The van der Waals surface area contributed by atoms with Crippen LogP contribution in [0.1, 0.15) is 41.4 Å². The van der Waals surface area contributed by atoms with Crippen LogP contribution in [0, 0.1) is 0 Å². The smallest absolute Gasteiger partial charge is 0.332 e. The summed E-state index contributed by atoms with van der Waals surface area (Å²) < 4.78 is 9.73. The zero-order valence-corrected chi connectivity index (χ0v) is 19.1. The Balaban J connectivity index is 1.82. The van der Waals surface area contributed by atoms with Crippen LogP contribution >= 0.6 is 11.8 Å². The minimum absolute atomic E-state index is 0.0362. The molecule has 0 unspecified atom stereocenters. The summed E-state index contributed by atoms with van der Waals surface area (Å²) in [6.45, 7) is 3.83. The largest absolute Gasteiger partial charge is 0.448 e. The van der Waals surface area contributed by atoms with Crippen molar-refractivity contribution in [2.45, 2.75) is 37.7 Å². The van der Waals surface area contributed by atoms with Crippen molar-refractivity contribution in [2.75, 3.05) is 0 Å². The Bertz CT molecular complexity index is 1440. The third kappa shape index (κ3) is 3.93. The van der Waals surface area contributed by atoms with Crippen LogP contribution in [0.25, 0.3) is 11.2 Å². The summed E-state index contributed by atoms with van der Waals surface area (Å²) >= 11 is 1.37. The maximum Gasteiger partial charge on any atom is 0.332 e. The molecule has 0 saturated carbocycles. The second-order valence-corrected chi connectivity index (χ2v) is 8.43. The predicted molar refractivity (Wildman–Crippen MR) is 121 cm³/mol. The van der Waals surface area contributed by atoms with Gasteiger partial charge in [0.25, 0.3) is 5.56 Å². The second kappa shape index (κ2) is 8.62. The third-order valence-electron chi connectivity index (χ3n) is 5.27. The van der Waals surface area contributed by atoms with Gasteiger partial charge in [0.2, 0.25) is 5.89 Å². The van der Waals surface area contributed by atoms with E-state index in [-0.39, 0.29) is 5.78 Å². The molecule has 0 aliphatic carbocycles. The molecule has 1 aromatic carbocycles. The molecule has 3 heterocycles. The molecule has 0 radical (unpaired) electrons. The van der Waals surface area contributed by atoms with Gasteiger partial charge in [0.1, 0.15) is 6.26 Å². The van der Waals surface area contributed by atoms with Gasteiger partial charge in [-0.2, -0.15) is 0 Å². The number of imidazole rings is 1. The lowest BCUT2D eigenvalue weighted by Gasteiger charge is -2.10. The number of nitrogens with zero attached hydrogens (tertiary/aromatic N) is 5. The van der Waals surface area contributed by atoms with E-state index in [0.29, 0.717) is 40.1 Å². The summed E-state index contributed by atoms with van der Waals surface area (Å²) in [6, 6.07) is 7.26. The van der Waals surface area contributed by atoms with Crippen LogP contribution in [-0.4, -0.2) is 29.5 Å². The van der Waals surface area contributed by atoms with Crippen LogP contribution in [0.2, 0.25) is 0 Å². The van der Waals surface area contributed by atoms with Gasteiger partial charge in [0.05, 0.1) is 18.0 Å². The van der Waals surface area contributed by atoms with Crippen LogP contribution in [0.15, 0.2) is 49.7 Å². The van der Waals surface area contributed by atoms with Crippen LogP contribution in [0.5, 0.6) is 0 Å². The van der Waals surface area contributed by atoms with Crippen molar-refractivity contribution in [1.82, 2.24) is 23.7 Å². The zero-order chi connectivity index (χ0) is 23.0. The number of aryl methyl sites for hydroxylation is 2. The number of hydrogen-bond acceptors (Lipinski definition) is 7. The number of thioether (sulfide) groups is 1. The topological polar surface area (TPSA) is 105 Å². The van der Waals surface area contributed by atoms with Crippen LogP contribution in [0.3, 0.4) is 0 Å². The molecule has 0 atom stereocenters. The van der Waals surface area contributed by atoms with Crippen molar-refractivity contribution in [3.63, 3.8) is 0 Å². The van der Waals surface area contributed by atoms with Crippen molar-refractivity contribution < 1.29 is 9.21 Å². The van der Waals surface area contributed by atoms with Gasteiger partial charge in [-0.25, -0.2) is 14.8 Å². The monoisotopic (exact) mass is 453 g/mol. The van der Waals surface area contributed by atoms with Crippen LogP contribution in [0.4, 0.5) is 0 Å². The molecule has 0 bridgehead atoms. The number of aromatic nitrogens is 5. The Hall–Kier alpha value is -3.40. The summed E-state index contributed by atoms with van der Waals surface area (Å²) in [5.74, 6) is 0.946. The molecule has 166 valence electrons. The van der Waals surface area contributed by atoms with E-state index in [1.165, 1.54) is 30.3 Å². The van der Waals surface area contributed by atoms with Gasteiger partial charge in [-0.05, 0) is 25.0 Å². The summed E-state index contributed by atoms with van der Waals surface area (Å²) in [4.78, 5) is 46.3. The average Bonchev–Trinajstić information content (AvgIpc) is 3.39. The Morgan fingerprint density at radius 1 is 1.16 bits per heavy atom. The summed E-state index contributed by atoms with van der Waals surface area (Å²) in [7, 11) is 3.04. The van der Waals surface area contributed by atoms with Gasteiger partial charge in [0.15, 0.2) is 22.1 Å². The molecule has 0 spiro atoms. The first-order valence-corrected chi connectivity index (χ1v) is 11.1. The predicted octanol–water partition coefficient (Wildman–Crippen LogP) is 2.53. The molecule has 32 heavy (non-hydrogen) atoms. The van der Waals surface area contributed by atoms with Crippen molar-refractivity contribution in [2.24, 2.45) is 14.1 Å². The first kappa shape index (κ1) is 21.8. The molecule has 9 nitrogen and oxygen atoms in total. The Morgan fingerprint density at radius 2 is 1.94 bits per heavy atom. The third-order valence-corrected chi connectivity index (χ3v) is 6.23. The standard InChI is InChI=1S/C22H23N5O4S/c1-5-16-11-31-17(23-16)12-32-21-24-19-18(20(29)26(4)22(30)25(19)3)27(21)10-14-7-6-8-15(9-14)13(2)28/h6-9,11H,5,10,12H2,1-4H3. The van der Waals surface area contributed by atoms with Gasteiger partial charge in [-0.1, -0.05) is 36.9 Å². The number of carbonyl (C=O) groups excluding carboxylic acids is 1. The maximum absolute atomic E-state index is 13.0. The Labute approximate surface area is 187 Å². The lowest BCUT2D eigenvalue weighted by atomic mass is 10.1. The van der Waals surface area contributed by atoms with E-state index in [2.05, 4.69) is 9.97 Å². The molecule has 0 N–H and O–H groups in total. The fourth-order valence-corrected chi connectivity index (χ4v) is 4.31. The SMILES string of the molecule is CCc1coc(CSc2nc3c(c(=O)n(C)c(=O)n3C)n2Cc2cccc(C(C)=O)c2)n1. The molecular weight excluding hydrogens is 430 g/mol. The van der Waals surface area contributed by atoms with E-state index in [1.54, 1.807) is 30.0 Å². The summed E-state index contributed by atoms with van der Waals surface area (Å²) in [5.41, 5.74) is 2.08. The molecule has 4 rings (SSSR count). The number of rotatable bonds is 7. The van der Waals surface area contributed by atoms with Gasteiger partial charge in [0, 0.05) is 19.7 Å². The number of benzene rings is 1. The highest BCUT2D eigenvalue weighted by atomic mass is 32.2. The molecule has 0 fully saturated rings. The lowest BCUT2D eigenvalue weighted by molar-refractivity contribution is 0.101. The lowest BCUT2D eigenvalue weighted by Crippen LogP contribution is -2.37. The Morgan fingerprint density at radius 3 is 2.62 bits per heavy atom. The molecule has 3 aromatic heterocycles. The average molecular weight is 454 g/mol. The number of ketones is 1. The van der Waals surface area contributed by atoms with Crippen LogP contribution in [-0.2, 0) is 32.8 Å². The molecule has 0 aliphatic rings. The molecule has 0 amide bonds. The highest BCUT2D eigenvalue weighted by Crippen LogP contribution is 2.26. The number of hydrogen-bond donors (Lipinski definition) is 0. The van der Waals surface area contributed by atoms with Crippen molar-refractivity contribution in [3.05, 3.63) is 74.1 Å².